The zero-order valence-corrected chi connectivity index (χ0v) is 23.3. The zero-order valence-electron chi connectivity index (χ0n) is 21.7. The fraction of sp³-hybridized carbons (Fsp3) is 0.138. The summed E-state index contributed by atoms with van der Waals surface area (Å²) in [6.07, 6.45) is 0. The fourth-order valence-corrected chi connectivity index (χ4v) is 5.40. The topological polar surface area (TPSA) is 106 Å². The van der Waals surface area contributed by atoms with Crippen LogP contribution < -0.4 is 24.8 Å². The van der Waals surface area contributed by atoms with Crippen molar-refractivity contribution in [2.45, 2.75) is 4.90 Å². The Morgan fingerprint density at radius 1 is 0.875 bits per heavy atom. The molecule has 0 atom stereocenters. The number of nitrogens with one attached hydrogen (secondary N) is 3. The summed E-state index contributed by atoms with van der Waals surface area (Å²) < 4.78 is 53.6. The molecule has 3 N–H and O–H groups in total. The van der Waals surface area contributed by atoms with Gasteiger partial charge in [0.1, 0.15) is 22.2 Å². The van der Waals surface area contributed by atoms with Gasteiger partial charge in [0, 0.05) is 34.9 Å². The Labute approximate surface area is 237 Å². The first-order valence-corrected chi connectivity index (χ1v) is 14.0. The number of anilines is 2. The van der Waals surface area contributed by atoms with Crippen molar-refractivity contribution in [3.05, 3.63) is 101 Å². The van der Waals surface area contributed by atoms with Gasteiger partial charge >= 0.3 is 0 Å². The highest BCUT2D eigenvalue weighted by atomic mass is 35.5. The number of carbonyl (C=O) groups is 1. The predicted molar refractivity (Wildman–Crippen MR) is 154 cm³/mol. The minimum Gasteiger partial charge on any atom is -0.497 e. The lowest BCUT2D eigenvalue weighted by Crippen LogP contribution is -2.28. The Morgan fingerprint density at radius 2 is 1.65 bits per heavy atom. The maximum atomic E-state index is 13.8. The van der Waals surface area contributed by atoms with Crippen LogP contribution in [0.2, 0.25) is 5.02 Å². The second-order valence-electron chi connectivity index (χ2n) is 8.59. The largest absolute Gasteiger partial charge is 0.497 e. The van der Waals surface area contributed by atoms with Gasteiger partial charge in [-0.3, -0.25) is 9.52 Å². The lowest BCUT2D eigenvalue weighted by Gasteiger charge is -2.15. The van der Waals surface area contributed by atoms with Gasteiger partial charge in [0.25, 0.3) is 15.9 Å². The van der Waals surface area contributed by atoms with Crippen LogP contribution in [0, 0.1) is 5.82 Å². The number of hydrogen-bond acceptors (Lipinski definition) is 6. The molecule has 0 aliphatic heterocycles. The average Bonchev–Trinajstić information content (AvgIpc) is 2.96. The predicted octanol–water partition coefficient (Wildman–Crippen LogP) is 5.81. The molecular formula is C29H27ClFN3O5S. The normalized spacial score (nSPS) is 11.0. The molecule has 0 aliphatic rings. The molecule has 0 aromatic heterocycles. The van der Waals surface area contributed by atoms with Crippen LogP contribution in [0.3, 0.4) is 0 Å². The summed E-state index contributed by atoms with van der Waals surface area (Å²) in [7, 11) is -1.21. The second kappa shape index (κ2) is 12.7. The third-order valence-electron chi connectivity index (χ3n) is 5.88. The molecular weight excluding hydrogens is 557 g/mol. The molecule has 0 aliphatic carbocycles. The number of benzene rings is 4. The van der Waals surface area contributed by atoms with Crippen LogP contribution in [0.1, 0.15) is 10.4 Å². The van der Waals surface area contributed by atoms with Crippen LogP contribution in [0.4, 0.5) is 15.8 Å². The molecule has 40 heavy (non-hydrogen) atoms. The Morgan fingerprint density at radius 3 is 2.42 bits per heavy atom. The first-order chi connectivity index (χ1) is 19.2. The Bertz CT molecular complexity index is 1630. The third-order valence-corrected chi connectivity index (χ3v) is 7.61. The molecule has 0 fully saturated rings. The summed E-state index contributed by atoms with van der Waals surface area (Å²) in [5.74, 6) is -0.0307. The quantitative estimate of drug-likeness (QED) is 0.193. The summed E-state index contributed by atoms with van der Waals surface area (Å²) in [6, 6.07) is 21.9. The zero-order chi connectivity index (χ0) is 28.7. The van der Waals surface area contributed by atoms with Crippen molar-refractivity contribution in [1.82, 2.24) is 5.32 Å². The van der Waals surface area contributed by atoms with Gasteiger partial charge in [-0.15, -0.1) is 0 Å². The van der Waals surface area contributed by atoms with Crippen molar-refractivity contribution in [3.63, 3.8) is 0 Å². The van der Waals surface area contributed by atoms with Crippen LogP contribution in [0.15, 0.2) is 89.8 Å². The van der Waals surface area contributed by atoms with E-state index >= 15 is 0 Å². The monoisotopic (exact) mass is 583 g/mol. The molecule has 0 heterocycles. The number of rotatable bonds is 11. The first-order valence-electron chi connectivity index (χ1n) is 12.1. The van der Waals surface area contributed by atoms with Gasteiger partial charge in [-0.1, -0.05) is 29.8 Å². The lowest BCUT2D eigenvalue weighted by atomic mass is 10.1. The average molecular weight is 584 g/mol. The summed E-state index contributed by atoms with van der Waals surface area (Å²) >= 11 is 6.23. The number of sulfonamides is 1. The smallest absolute Gasteiger partial charge is 0.265 e. The molecule has 0 unspecified atom stereocenters. The highest BCUT2D eigenvalue weighted by Gasteiger charge is 2.22. The molecule has 1 amide bonds. The molecule has 0 saturated carbocycles. The van der Waals surface area contributed by atoms with Gasteiger partial charge in [0.2, 0.25) is 0 Å². The number of halogens is 2. The van der Waals surface area contributed by atoms with Gasteiger partial charge in [0.15, 0.2) is 0 Å². The van der Waals surface area contributed by atoms with Gasteiger partial charge in [-0.25, -0.2) is 12.8 Å². The summed E-state index contributed by atoms with van der Waals surface area (Å²) in [5.41, 5.74) is 2.20. The van der Waals surface area contributed by atoms with E-state index in [9.17, 15) is 17.6 Å². The van der Waals surface area contributed by atoms with E-state index in [1.165, 1.54) is 44.6 Å². The summed E-state index contributed by atoms with van der Waals surface area (Å²) in [6.45, 7) is 0.731. The molecule has 0 radical (unpaired) electrons. The van der Waals surface area contributed by atoms with Crippen LogP contribution >= 0.6 is 11.6 Å². The van der Waals surface area contributed by atoms with Crippen molar-refractivity contribution in [2.24, 2.45) is 0 Å². The van der Waals surface area contributed by atoms with Crippen LogP contribution in [-0.4, -0.2) is 41.6 Å². The number of methoxy groups -OCH3 is 2. The van der Waals surface area contributed by atoms with Crippen molar-refractivity contribution >= 4 is 38.9 Å². The molecule has 208 valence electrons. The SMILES string of the molecule is COc1cccc(C(=O)NCCNc2cccc(NS(=O)(=O)c3cc(-c4cc(F)ccc4Cl)ccc3OC)c2)c1. The molecule has 4 aromatic rings. The summed E-state index contributed by atoms with van der Waals surface area (Å²) in [5, 5.41) is 6.25. The van der Waals surface area contributed by atoms with Crippen molar-refractivity contribution < 1.29 is 27.1 Å². The summed E-state index contributed by atoms with van der Waals surface area (Å²) in [4.78, 5) is 12.2. The van der Waals surface area contributed by atoms with E-state index < -0.39 is 15.8 Å². The third kappa shape index (κ3) is 7.02. The molecule has 8 nitrogen and oxygen atoms in total. The Balaban J connectivity index is 1.44. The maximum Gasteiger partial charge on any atom is 0.265 e. The second-order valence-corrected chi connectivity index (χ2v) is 10.6. The van der Waals surface area contributed by atoms with E-state index in [0.717, 1.165) is 0 Å². The number of amides is 1. The Kier molecular flexibility index (Phi) is 9.13. The van der Waals surface area contributed by atoms with Crippen LogP contribution in [0.25, 0.3) is 11.1 Å². The molecule has 0 saturated heterocycles. The molecule has 11 heteroatoms. The van der Waals surface area contributed by atoms with Crippen molar-refractivity contribution in [3.8, 4) is 22.6 Å². The molecule has 0 spiro atoms. The van der Waals surface area contributed by atoms with Crippen LogP contribution in [0.5, 0.6) is 11.5 Å². The highest BCUT2D eigenvalue weighted by Crippen LogP contribution is 2.34. The maximum absolute atomic E-state index is 13.8. The minimum atomic E-state index is -4.11. The first kappa shape index (κ1) is 28.7. The Hall–Kier alpha value is -4.28. The molecule has 4 rings (SSSR count). The number of carbonyl (C=O) groups excluding carboxylic acids is 1. The van der Waals surface area contributed by atoms with E-state index in [1.54, 1.807) is 54.6 Å². The fourth-order valence-electron chi connectivity index (χ4n) is 3.92. The van der Waals surface area contributed by atoms with E-state index in [4.69, 9.17) is 21.1 Å². The van der Waals surface area contributed by atoms with Gasteiger partial charge < -0.3 is 20.1 Å². The van der Waals surface area contributed by atoms with Crippen LogP contribution in [-0.2, 0) is 10.0 Å². The van der Waals surface area contributed by atoms with Gasteiger partial charge in [0.05, 0.1) is 19.9 Å². The standard InChI is InChI=1S/C29H27ClFN3O5S/c1-38-24-8-3-5-20(15-24)29(35)33-14-13-32-22-6-4-7-23(18-22)34-40(36,37)28-16-19(9-12-27(28)39-2)25-17-21(31)10-11-26(25)30/h3-12,15-18,32,34H,13-14H2,1-2H3,(H,33,35). The minimum absolute atomic E-state index is 0.116. The van der Waals surface area contributed by atoms with E-state index in [2.05, 4.69) is 15.4 Å². The molecule has 4 aromatic carbocycles. The van der Waals surface area contributed by atoms with Crippen molar-refractivity contribution in [1.29, 1.82) is 0 Å². The highest BCUT2D eigenvalue weighted by molar-refractivity contribution is 7.92. The van der Waals surface area contributed by atoms with E-state index in [-0.39, 0.29) is 21.6 Å². The van der Waals surface area contributed by atoms with E-state index in [0.29, 0.717) is 46.9 Å². The van der Waals surface area contributed by atoms with Gasteiger partial charge in [-0.2, -0.15) is 0 Å². The number of ether oxygens (including phenoxy) is 2. The number of hydrogen-bond donors (Lipinski definition) is 3. The van der Waals surface area contributed by atoms with Gasteiger partial charge in [-0.05, 0) is 72.3 Å². The molecule has 0 bridgehead atoms. The van der Waals surface area contributed by atoms with Crippen molar-refractivity contribution in [2.75, 3.05) is 37.3 Å². The van der Waals surface area contributed by atoms with E-state index in [1.807, 2.05) is 0 Å². The lowest BCUT2D eigenvalue weighted by molar-refractivity contribution is 0.0955.